The lowest BCUT2D eigenvalue weighted by Crippen LogP contribution is -2.40. The number of aromatic nitrogens is 3. The Morgan fingerprint density at radius 2 is 1.91 bits per heavy atom. The van der Waals surface area contributed by atoms with Crippen molar-refractivity contribution in [2.24, 2.45) is 5.16 Å². The first-order chi connectivity index (χ1) is 15.8. The average Bonchev–Trinajstić information content (AvgIpc) is 3.54. The van der Waals surface area contributed by atoms with Gasteiger partial charge in [0.25, 0.3) is 5.91 Å². The molecule has 0 aliphatic carbocycles. The van der Waals surface area contributed by atoms with E-state index in [2.05, 4.69) is 32.6 Å². The number of nitrogens with zero attached hydrogens (tertiary/aromatic N) is 5. The number of piperidine rings is 1. The SMILES string of the molecule is O=C(COc1ncccn1)N1CCC(c2nc(C3=NOC(c4ccccc4)C3)cs2)CC1. The van der Waals surface area contributed by atoms with E-state index in [-0.39, 0.29) is 24.6 Å². The Balaban J connectivity index is 1.12. The van der Waals surface area contributed by atoms with Crippen LogP contribution in [0.25, 0.3) is 0 Å². The van der Waals surface area contributed by atoms with E-state index in [0.29, 0.717) is 19.0 Å². The van der Waals surface area contributed by atoms with Crippen molar-refractivity contribution in [2.75, 3.05) is 19.7 Å². The number of carbonyl (C=O) groups excluding carboxylic acids is 1. The van der Waals surface area contributed by atoms with E-state index in [0.717, 1.165) is 41.2 Å². The molecule has 0 bridgehead atoms. The topological polar surface area (TPSA) is 89.8 Å². The lowest BCUT2D eigenvalue weighted by atomic mass is 9.97. The molecule has 0 saturated carbocycles. The third-order valence-corrected chi connectivity index (χ3v) is 6.73. The van der Waals surface area contributed by atoms with E-state index < -0.39 is 0 Å². The lowest BCUT2D eigenvalue weighted by Gasteiger charge is -2.30. The monoisotopic (exact) mass is 449 g/mol. The first-order valence-electron chi connectivity index (χ1n) is 10.7. The number of ether oxygens (including phenoxy) is 1. The molecule has 1 aromatic carbocycles. The minimum absolute atomic E-state index is 0.0415. The highest BCUT2D eigenvalue weighted by atomic mass is 32.1. The molecule has 9 heteroatoms. The Morgan fingerprint density at radius 3 is 2.69 bits per heavy atom. The molecule has 1 unspecified atom stereocenters. The second-order valence-corrected chi connectivity index (χ2v) is 8.68. The summed E-state index contributed by atoms with van der Waals surface area (Å²) in [4.78, 5) is 32.7. The van der Waals surface area contributed by atoms with Gasteiger partial charge in [-0.2, -0.15) is 0 Å². The van der Waals surface area contributed by atoms with Crippen molar-refractivity contribution < 1.29 is 14.4 Å². The Kier molecular flexibility index (Phi) is 6.06. The highest BCUT2D eigenvalue weighted by Crippen LogP contribution is 2.33. The van der Waals surface area contributed by atoms with Crippen molar-refractivity contribution in [3.63, 3.8) is 0 Å². The second-order valence-electron chi connectivity index (χ2n) is 7.79. The number of benzene rings is 1. The lowest BCUT2D eigenvalue weighted by molar-refractivity contribution is -0.134. The van der Waals surface area contributed by atoms with Crippen LogP contribution in [0.4, 0.5) is 0 Å². The van der Waals surface area contributed by atoms with Crippen molar-refractivity contribution >= 4 is 23.0 Å². The summed E-state index contributed by atoms with van der Waals surface area (Å²) < 4.78 is 5.38. The number of oxime groups is 1. The number of rotatable bonds is 6. The van der Waals surface area contributed by atoms with Crippen LogP contribution in [0.3, 0.4) is 0 Å². The predicted octanol–water partition coefficient (Wildman–Crippen LogP) is 3.58. The van der Waals surface area contributed by atoms with Gasteiger partial charge >= 0.3 is 6.01 Å². The Bertz CT molecular complexity index is 1080. The maximum atomic E-state index is 12.4. The predicted molar refractivity (Wildman–Crippen MR) is 120 cm³/mol. The van der Waals surface area contributed by atoms with Gasteiger partial charge in [-0.3, -0.25) is 4.79 Å². The molecule has 2 aliphatic rings. The minimum atomic E-state index is -0.0471. The molecule has 2 aromatic heterocycles. The first-order valence-corrected chi connectivity index (χ1v) is 11.6. The van der Waals surface area contributed by atoms with Crippen molar-refractivity contribution in [3.8, 4) is 6.01 Å². The normalized spacial score (nSPS) is 18.8. The van der Waals surface area contributed by atoms with Crippen LogP contribution in [-0.4, -0.2) is 51.2 Å². The van der Waals surface area contributed by atoms with Crippen molar-refractivity contribution in [1.82, 2.24) is 19.9 Å². The van der Waals surface area contributed by atoms with Gasteiger partial charge in [-0.05, 0) is 24.5 Å². The largest absolute Gasteiger partial charge is 0.453 e. The third kappa shape index (κ3) is 4.62. The molecule has 8 nitrogen and oxygen atoms in total. The van der Waals surface area contributed by atoms with Crippen LogP contribution in [0, 0.1) is 0 Å². The smallest absolute Gasteiger partial charge is 0.316 e. The molecule has 0 N–H and O–H groups in total. The van der Waals surface area contributed by atoms with Gasteiger partial charge in [-0.15, -0.1) is 11.3 Å². The fourth-order valence-corrected chi connectivity index (χ4v) is 4.94. The number of hydrogen-bond acceptors (Lipinski definition) is 8. The zero-order chi connectivity index (χ0) is 21.8. The van der Waals surface area contributed by atoms with E-state index in [1.807, 2.05) is 23.1 Å². The van der Waals surface area contributed by atoms with E-state index in [1.165, 1.54) is 0 Å². The summed E-state index contributed by atoms with van der Waals surface area (Å²) in [6.45, 7) is 1.34. The van der Waals surface area contributed by atoms with Gasteiger partial charge in [-0.25, -0.2) is 15.0 Å². The molecule has 1 atom stereocenters. The summed E-state index contributed by atoms with van der Waals surface area (Å²) in [5.41, 5.74) is 2.92. The molecule has 32 heavy (non-hydrogen) atoms. The molecule has 0 radical (unpaired) electrons. The Labute approximate surface area is 189 Å². The number of amides is 1. The van der Waals surface area contributed by atoms with E-state index in [9.17, 15) is 4.79 Å². The van der Waals surface area contributed by atoms with Gasteiger partial charge in [-0.1, -0.05) is 35.5 Å². The summed E-state index contributed by atoms with van der Waals surface area (Å²) in [5, 5.41) is 7.46. The quantitative estimate of drug-likeness (QED) is 0.571. The van der Waals surface area contributed by atoms with Crippen LogP contribution in [0.2, 0.25) is 0 Å². The second kappa shape index (κ2) is 9.44. The van der Waals surface area contributed by atoms with E-state index in [1.54, 1.807) is 29.8 Å². The summed E-state index contributed by atoms with van der Waals surface area (Å²) in [7, 11) is 0. The molecule has 1 fully saturated rings. The van der Waals surface area contributed by atoms with Gasteiger partial charge in [0.2, 0.25) is 0 Å². The van der Waals surface area contributed by atoms with Crippen molar-refractivity contribution in [1.29, 1.82) is 0 Å². The van der Waals surface area contributed by atoms with Crippen LogP contribution in [0.5, 0.6) is 6.01 Å². The molecule has 4 heterocycles. The van der Waals surface area contributed by atoms with Crippen LogP contribution in [0.15, 0.2) is 59.3 Å². The molecule has 0 spiro atoms. The number of thiazole rings is 1. The third-order valence-electron chi connectivity index (χ3n) is 5.72. The first kappa shape index (κ1) is 20.6. The van der Waals surface area contributed by atoms with Gasteiger partial charge in [0, 0.05) is 43.2 Å². The molecule has 164 valence electrons. The molecule has 5 rings (SSSR count). The van der Waals surface area contributed by atoms with Crippen LogP contribution in [-0.2, 0) is 9.63 Å². The molecule has 1 amide bonds. The van der Waals surface area contributed by atoms with Gasteiger partial charge in [0.15, 0.2) is 12.7 Å². The fraction of sp³-hybridized carbons (Fsp3) is 0.348. The molecular formula is C23H23N5O3S. The molecule has 2 aliphatic heterocycles. The summed E-state index contributed by atoms with van der Waals surface area (Å²) in [6.07, 6.45) is 5.63. The van der Waals surface area contributed by atoms with Crippen LogP contribution < -0.4 is 4.74 Å². The number of likely N-dealkylation sites (tertiary alicyclic amines) is 1. The van der Waals surface area contributed by atoms with Crippen LogP contribution in [0.1, 0.15) is 47.5 Å². The highest BCUT2D eigenvalue weighted by molar-refractivity contribution is 7.10. The summed E-state index contributed by atoms with van der Waals surface area (Å²) >= 11 is 1.66. The van der Waals surface area contributed by atoms with Gasteiger partial charge in [0.05, 0.1) is 10.7 Å². The fourth-order valence-electron chi connectivity index (χ4n) is 3.94. The van der Waals surface area contributed by atoms with E-state index >= 15 is 0 Å². The maximum absolute atomic E-state index is 12.4. The summed E-state index contributed by atoms with van der Waals surface area (Å²) in [5.74, 6) is 0.309. The standard InChI is InChI=1S/C23H23N5O3S/c29-21(14-30-23-24-9-4-10-25-23)28-11-7-17(8-12-28)22-26-19(15-32-22)18-13-20(31-27-18)16-5-2-1-3-6-16/h1-6,9-10,15,17,20H,7-8,11-14H2. The highest BCUT2D eigenvalue weighted by Gasteiger charge is 2.29. The zero-order valence-corrected chi connectivity index (χ0v) is 18.3. The number of hydrogen-bond donors (Lipinski definition) is 0. The van der Waals surface area contributed by atoms with Gasteiger partial charge < -0.3 is 14.5 Å². The maximum Gasteiger partial charge on any atom is 0.316 e. The van der Waals surface area contributed by atoms with Gasteiger partial charge in [0.1, 0.15) is 5.71 Å². The Morgan fingerprint density at radius 1 is 1.12 bits per heavy atom. The molecule has 3 aromatic rings. The number of carbonyl (C=O) groups is 1. The molecule has 1 saturated heterocycles. The van der Waals surface area contributed by atoms with E-state index in [4.69, 9.17) is 14.6 Å². The van der Waals surface area contributed by atoms with Crippen LogP contribution >= 0.6 is 11.3 Å². The minimum Gasteiger partial charge on any atom is -0.453 e. The van der Waals surface area contributed by atoms with Crippen molar-refractivity contribution in [3.05, 3.63) is 70.4 Å². The van der Waals surface area contributed by atoms with Crippen molar-refractivity contribution in [2.45, 2.75) is 31.3 Å². The zero-order valence-electron chi connectivity index (χ0n) is 17.5. The average molecular weight is 450 g/mol. The molecular weight excluding hydrogens is 426 g/mol. The summed E-state index contributed by atoms with van der Waals surface area (Å²) in [6, 6.07) is 12.1. The Hall–Kier alpha value is -3.33.